The van der Waals surface area contributed by atoms with E-state index >= 15 is 0 Å². The van der Waals surface area contributed by atoms with Gasteiger partial charge in [-0.1, -0.05) is 0 Å². The number of anilines is 1. The predicted molar refractivity (Wildman–Crippen MR) is 67.0 cm³/mol. The molecule has 0 N–H and O–H groups in total. The number of hydrogen-bond donors (Lipinski definition) is 0. The molecular weight excluding hydrogens is 222 g/mol. The van der Waals surface area contributed by atoms with Gasteiger partial charge < -0.3 is 4.90 Å². The van der Waals surface area contributed by atoms with Crippen LogP contribution in [0.3, 0.4) is 0 Å². The molecule has 0 aromatic carbocycles. The van der Waals surface area contributed by atoms with Crippen LogP contribution in [0.25, 0.3) is 0 Å². The number of alkyl halides is 1. The molecule has 1 atom stereocenters. The summed E-state index contributed by atoms with van der Waals surface area (Å²) in [5.74, 6) is 1.68. The lowest BCUT2D eigenvalue weighted by Gasteiger charge is -2.34. The van der Waals surface area contributed by atoms with E-state index < -0.39 is 0 Å². The monoisotopic (exact) mass is 239 g/mol. The minimum atomic E-state index is 0.283. The SMILES string of the molecule is Cc1nccnc1N1CCC(C(C)Cl)CC1. The molecule has 0 aliphatic carbocycles. The molecule has 1 fully saturated rings. The Morgan fingerprint density at radius 2 is 1.94 bits per heavy atom. The fourth-order valence-corrected chi connectivity index (χ4v) is 2.53. The zero-order valence-corrected chi connectivity index (χ0v) is 10.6. The van der Waals surface area contributed by atoms with Crippen LogP contribution in [0.1, 0.15) is 25.5 Å². The molecule has 16 heavy (non-hydrogen) atoms. The summed E-state index contributed by atoms with van der Waals surface area (Å²) in [6.07, 6.45) is 5.81. The highest BCUT2D eigenvalue weighted by atomic mass is 35.5. The molecule has 1 aromatic heterocycles. The molecule has 0 saturated carbocycles. The fourth-order valence-electron chi connectivity index (χ4n) is 2.28. The second-order valence-electron chi connectivity index (χ2n) is 4.47. The van der Waals surface area contributed by atoms with E-state index in [4.69, 9.17) is 11.6 Å². The number of halogens is 1. The van der Waals surface area contributed by atoms with Crippen molar-refractivity contribution in [2.75, 3.05) is 18.0 Å². The van der Waals surface area contributed by atoms with E-state index in [-0.39, 0.29) is 5.38 Å². The van der Waals surface area contributed by atoms with Crippen LogP contribution in [0.2, 0.25) is 0 Å². The number of hydrogen-bond acceptors (Lipinski definition) is 3. The van der Waals surface area contributed by atoms with Crippen LogP contribution in [-0.2, 0) is 0 Å². The summed E-state index contributed by atoms with van der Waals surface area (Å²) in [6, 6.07) is 0. The molecule has 2 heterocycles. The van der Waals surface area contributed by atoms with Gasteiger partial charge in [0.15, 0.2) is 0 Å². The van der Waals surface area contributed by atoms with Crippen molar-refractivity contribution < 1.29 is 0 Å². The Labute approximate surface area is 102 Å². The summed E-state index contributed by atoms with van der Waals surface area (Å²) in [7, 11) is 0. The number of aryl methyl sites for hydroxylation is 1. The first-order valence-corrected chi connectivity index (χ1v) is 6.28. The highest BCUT2D eigenvalue weighted by molar-refractivity contribution is 6.20. The lowest BCUT2D eigenvalue weighted by molar-refractivity contribution is 0.398. The van der Waals surface area contributed by atoms with Gasteiger partial charge in [0, 0.05) is 30.9 Å². The fraction of sp³-hybridized carbons (Fsp3) is 0.667. The van der Waals surface area contributed by atoms with Gasteiger partial charge in [-0.15, -0.1) is 11.6 Å². The Morgan fingerprint density at radius 3 is 2.50 bits per heavy atom. The third kappa shape index (κ3) is 2.46. The standard InChI is InChI=1S/C12H18ClN3/c1-9(13)11-3-7-16(8-4-11)12-10(2)14-5-6-15-12/h5-6,9,11H,3-4,7-8H2,1-2H3. The minimum Gasteiger partial charge on any atom is -0.355 e. The van der Waals surface area contributed by atoms with Crippen molar-refractivity contribution in [3.63, 3.8) is 0 Å². The second-order valence-corrected chi connectivity index (χ2v) is 5.16. The van der Waals surface area contributed by atoms with Gasteiger partial charge in [-0.2, -0.15) is 0 Å². The molecular formula is C12H18ClN3. The van der Waals surface area contributed by atoms with Crippen molar-refractivity contribution >= 4 is 17.4 Å². The smallest absolute Gasteiger partial charge is 0.150 e. The summed E-state index contributed by atoms with van der Waals surface area (Å²) in [4.78, 5) is 11.0. The van der Waals surface area contributed by atoms with E-state index in [0.29, 0.717) is 5.92 Å². The normalized spacial score (nSPS) is 19.8. The Morgan fingerprint density at radius 1 is 1.31 bits per heavy atom. The average molecular weight is 240 g/mol. The summed E-state index contributed by atoms with van der Waals surface area (Å²) >= 11 is 6.14. The van der Waals surface area contributed by atoms with E-state index in [2.05, 4.69) is 21.8 Å². The molecule has 1 saturated heterocycles. The molecule has 0 spiro atoms. The average Bonchev–Trinajstić information content (AvgIpc) is 2.30. The number of aromatic nitrogens is 2. The van der Waals surface area contributed by atoms with Crippen LogP contribution in [0.5, 0.6) is 0 Å². The van der Waals surface area contributed by atoms with Crippen molar-refractivity contribution in [1.82, 2.24) is 9.97 Å². The Hall–Kier alpha value is -0.830. The molecule has 4 heteroatoms. The van der Waals surface area contributed by atoms with E-state index in [1.54, 1.807) is 12.4 Å². The molecule has 1 aromatic rings. The van der Waals surface area contributed by atoms with E-state index in [1.807, 2.05) is 6.92 Å². The van der Waals surface area contributed by atoms with Crippen LogP contribution in [0.4, 0.5) is 5.82 Å². The van der Waals surface area contributed by atoms with Crippen LogP contribution in [-0.4, -0.2) is 28.4 Å². The van der Waals surface area contributed by atoms with Gasteiger partial charge in [0.05, 0.1) is 5.69 Å². The minimum absolute atomic E-state index is 0.283. The molecule has 3 nitrogen and oxygen atoms in total. The van der Waals surface area contributed by atoms with Crippen molar-refractivity contribution in [3.05, 3.63) is 18.1 Å². The van der Waals surface area contributed by atoms with Gasteiger partial charge >= 0.3 is 0 Å². The van der Waals surface area contributed by atoms with Crippen LogP contribution in [0, 0.1) is 12.8 Å². The predicted octanol–water partition coefficient (Wildman–Crippen LogP) is 2.63. The van der Waals surface area contributed by atoms with Crippen LogP contribution < -0.4 is 4.90 Å². The molecule has 2 rings (SSSR count). The maximum absolute atomic E-state index is 6.14. The van der Waals surface area contributed by atoms with Crippen LogP contribution in [0.15, 0.2) is 12.4 Å². The molecule has 0 bridgehead atoms. The molecule has 0 radical (unpaired) electrons. The van der Waals surface area contributed by atoms with E-state index in [0.717, 1.165) is 37.4 Å². The molecule has 1 unspecified atom stereocenters. The zero-order valence-electron chi connectivity index (χ0n) is 9.86. The summed E-state index contributed by atoms with van der Waals surface area (Å²) in [5.41, 5.74) is 1.01. The second kappa shape index (κ2) is 5.00. The highest BCUT2D eigenvalue weighted by Gasteiger charge is 2.24. The third-order valence-electron chi connectivity index (χ3n) is 3.34. The Kier molecular flexibility index (Phi) is 3.64. The number of piperidine rings is 1. The summed E-state index contributed by atoms with van der Waals surface area (Å²) in [6.45, 7) is 6.19. The maximum atomic E-state index is 6.14. The summed E-state index contributed by atoms with van der Waals surface area (Å²) < 4.78 is 0. The van der Waals surface area contributed by atoms with Crippen molar-refractivity contribution in [2.24, 2.45) is 5.92 Å². The van der Waals surface area contributed by atoms with Crippen LogP contribution >= 0.6 is 11.6 Å². The van der Waals surface area contributed by atoms with Gasteiger partial charge in [-0.05, 0) is 32.6 Å². The maximum Gasteiger partial charge on any atom is 0.150 e. The Bertz CT molecular complexity index is 346. The van der Waals surface area contributed by atoms with Gasteiger partial charge in [0.1, 0.15) is 5.82 Å². The highest BCUT2D eigenvalue weighted by Crippen LogP contribution is 2.27. The van der Waals surface area contributed by atoms with Gasteiger partial charge in [0.25, 0.3) is 0 Å². The summed E-state index contributed by atoms with van der Waals surface area (Å²) in [5, 5.41) is 0.283. The molecule has 1 aliphatic rings. The van der Waals surface area contributed by atoms with Gasteiger partial charge in [0.2, 0.25) is 0 Å². The zero-order chi connectivity index (χ0) is 11.5. The Balaban J connectivity index is 2.02. The van der Waals surface area contributed by atoms with E-state index in [9.17, 15) is 0 Å². The van der Waals surface area contributed by atoms with Gasteiger partial charge in [-0.25, -0.2) is 4.98 Å². The number of rotatable bonds is 2. The quantitative estimate of drug-likeness (QED) is 0.743. The first-order chi connectivity index (χ1) is 7.68. The lowest BCUT2D eigenvalue weighted by atomic mass is 9.94. The van der Waals surface area contributed by atoms with E-state index in [1.165, 1.54) is 0 Å². The largest absolute Gasteiger partial charge is 0.355 e. The molecule has 0 amide bonds. The van der Waals surface area contributed by atoms with Crippen molar-refractivity contribution in [3.8, 4) is 0 Å². The topological polar surface area (TPSA) is 29.0 Å². The van der Waals surface area contributed by atoms with Crippen molar-refractivity contribution in [2.45, 2.75) is 32.1 Å². The van der Waals surface area contributed by atoms with Gasteiger partial charge in [-0.3, -0.25) is 4.98 Å². The number of nitrogens with zero attached hydrogens (tertiary/aromatic N) is 3. The van der Waals surface area contributed by atoms with Crippen molar-refractivity contribution in [1.29, 1.82) is 0 Å². The lowest BCUT2D eigenvalue weighted by Crippen LogP contribution is -2.36. The first kappa shape index (κ1) is 11.6. The third-order valence-corrected chi connectivity index (χ3v) is 3.70. The first-order valence-electron chi connectivity index (χ1n) is 5.85. The molecule has 88 valence electrons. The molecule has 1 aliphatic heterocycles.